The highest BCUT2D eigenvalue weighted by molar-refractivity contribution is 6.06. The molecule has 0 bridgehead atoms. The van der Waals surface area contributed by atoms with Gasteiger partial charge in [0, 0.05) is 17.1 Å². The number of carbonyl (C=O) groups is 1. The van der Waals surface area contributed by atoms with E-state index >= 15 is 0 Å². The summed E-state index contributed by atoms with van der Waals surface area (Å²) < 4.78 is 13.1. The molecule has 100 valence electrons. The van der Waals surface area contributed by atoms with Crippen LogP contribution in [0.2, 0.25) is 0 Å². The molecule has 19 heavy (non-hydrogen) atoms. The zero-order valence-corrected chi connectivity index (χ0v) is 10.3. The van der Waals surface area contributed by atoms with Crippen molar-refractivity contribution >= 4 is 16.8 Å². The SMILES string of the molecule is O=C(N[C@H]1CCC[C@H]1O)c1c[nH]c2cc(F)ccc12. The first kappa shape index (κ1) is 12.2. The fourth-order valence-electron chi connectivity index (χ4n) is 2.64. The van der Waals surface area contributed by atoms with E-state index in [2.05, 4.69) is 10.3 Å². The number of aliphatic hydroxyl groups excluding tert-OH is 1. The van der Waals surface area contributed by atoms with Crippen LogP contribution in [0.5, 0.6) is 0 Å². The Labute approximate surface area is 109 Å². The summed E-state index contributed by atoms with van der Waals surface area (Å²) >= 11 is 0. The molecule has 0 saturated heterocycles. The molecule has 1 aliphatic rings. The molecule has 1 aromatic carbocycles. The number of hydrogen-bond donors (Lipinski definition) is 3. The van der Waals surface area contributed by atoms with Gasteiger partial charge < -0.3 is 15.4 Å². The number of carbonyl (C=O) groups excluding carboxylic acids is 1. The average molecular weight is 262 g/mol. The van der Waals surface area contributed by atoms with Crippen LogP contribution in [-0.4, -0.2) is 28.1 Å². The number of H-pyrrole nitrogens is 1. The van der Waals surface area contributed by atoms with E-state index in [-0.39, 0.29) is 17.8 Å². The second-order valence-corrected chi connectivity index (χ2v) is 4.97. The van der Waals surface area contributed by atoms with Gasteiger partial charge in [-0.1, -0.05) is 0 Å². The molecule has 0 aliphatic heterocycles. The largest absolute Gasteiger partial charge is 0.391 e. The molecule has 0 unspecified atom stereocenters. The fraction of sp³-hybridized carbons (Fsp3) is 0.357. The minimum atomic E-state index is -0.466. The van der Waals surface area contributed by atoms with Crippen LogP contribution in [0, 0.1) is 5.82 Å². The zero-order chi connectivity index (χ0) is 13.4. The average Bonchev–Trinajstić information content (AvgIpc) is 2.96. The van der Waals surface area contributed by atoms with E-state index in [9.17, 15) is 14.3 Å². The van der Waals surface area contributed by atoms with Crippen LogP contribution in [-0.2, 0) is 0 Å². The third-order valence-electron chi connectivity index (χ3n) is 3.68. The molecule has 0 radical (unpaired) electrons. The summed E-state index contributed by atoms with van der Waals surface area (Å²) in [6, 6.07) is 4.09. The Morgan fingerprint density at radius 3 is 3.00 bits per heavy atom. The maximum absolute atomic E-state index is 13.1. The highest BCUT2D eigenvalue weighted by Crippen LogP contribution is 2.22. The number of rotatable bonds is 2. The van der Waals surface area contributed by atoms with E-state index in [1.165, 1.54) is 12.1 Å². The Bertz CT molecular complexity index is 623. The Morgan fingerprint density at radius 2 is 2.26 bits per heavy atom. The summed E-state index contributed by atoms with van der Waals surface area (Å²) in [4.78, 5) is 15.1. The summed E-state index contributed by atoms with van der Waals surface area (Å²) in [5.41, 5.74) is 1.08. The minimum absolute atomic E-state index is 0.183. The second kappa shape index (κ2) is 4.66. The number of aromatic amines is 1. The monoisotopic (exact) mass is 262 g/mol. The van der Waals surface area contributed by atoms with E-state index in [0.717, 1.165) is 19.3 Å². The van der Waals surface area contributed by atoms with E-state index in [1.54, 1.807) is 12.3 Å². The van der Waals surface area contributed by atoms with Gasteiger partial charge in [-0.05, 0) is 37.5 Å². The molecule has 1 aliphatic carbocycles. The molecular formula is C14H15FN2O2. The third-order valence-corrected chi connectivity index (χ3v) is 3.68. The van der Waals surface area contributed by atoms with Gasteiger partial charge in [0.15, 0.2) is 0 Å². The minimum Gasteiger partial charge on any atom is -0.391 e. The number of benzene rings is 1. The lowest BCUT2D eigenvalue weighted by Crippen LogP contribution is -2.39. The lowest BCUT2D eigenvalue weighted by Gasteiger charge is -2.15. The van der Waals surface area contributed by atoms with Crippen molar-refractivity contribution in [2.45, 2.75) is 31.4 Å². The molecule has 0 spiro atoms. The summed E-state index contributed by atoms with van der Waals surface area (Å²) in [6.07, 6.45) is 3.55. The van der Waals surface area contributed by atoms with Crippen molar-refractivity contribution in [2.24, 2.45) is 0 Å². The second-order valence-electron chi connectivity index (χ2n) is 4.97. The highest BCUT2D eigenvalue weighted by atomic mass is 19.1. The van der Waals surface area contributed by atoms with Gasteiger partial charge in [0.1, 0.15) is 5.82 Å². The lowest BCUT2D eigenvalue weighted by molar-refractivity contribution is 0.0875. The van der Waals surface area contributed by atoms with Crippen molar-refractivity contribution in [3.8, 4) is 0 Å². The Hall–Kier alpha value is -1.88. The maximum atomic E-state index is 13.1. The number of aromatic nitrogens is 1. The number of halogens is 1. The van der Waals surface area contributed by atoms with E-state index < -0.39 is 6.10 Å². The summed E-state index contributed by atoms with van der Waals surface area (Å²) in [7, 11) is 0. The molecule has 5 heteroatoms. The normalized spacial score (nSPS) is 22.8. The predicted octanol–water partition coefficient (Wildman–Crippen LogP) is 1.95. The molecule has 1 saturated carbocycles. The lowest BCUT2D eigenvalue weighted by atomic mass is 10.1. The standard InChI is InChI=1S/C14H15FN2O2/c15-8-4-5-9-10(7-16-12(9)6-8)14(19)17-11-2-1-3-13(11)18/h4-7,11,13,16,18H,1-3H2,(H,17,19)/t11-,13+/m0/s1. The van der Waals surface area contributed by atoms with Crippen molar-refractivity contribution < 1.29 is 14.3 Å². The topological polar surface area (TPSA) is 65.1 Å². The van der Waals surface area contributed by atoms with Gasteiger partial charge in [0.2, 0.25) is 0 Å². The molecule has 1 aromatic heterocycles. The van der Waals surface area contributed by atoms with Crippen molar-refractivity contribution in [3.63, 3.8) is 0 Å². The number of aliphatic hydroxyl groups is 1. The molecule has 3 rings (SSSR count). The smallest absolute Gasteiger partial charge is 0.253 e. The molecule has 1 heterocycles. The van der Waals surface area contributed by atoms with Gasteiger partial charge in [0.05, 0.1) is 17.7 Å². The van der Waals surface area contributed by atoms with Crippen molar-refractivity contribution in [1.82, 2.24) is 10.3 Å². The maximum Gasteiger partial charge on any atom is 0.253 e. The van der Waals surface area contributed by atoms with Gasteiger partial charge in [-0.2, -0.15) is 0 Å². The van der Waals surface area contributed by atoms with Gasteiger partial charge in [-0.25, -0.2) is 4.39 Å². The molecule has 3 N–H and O–H groups in total. The molecule has 4 nitrogen and oxygen atoms in total. The Kier molecular flexibility index (Phi) is 2.98. The summed E-state index contributed by atoms with van der Waals surface area (Å²) in [5.74, 6) is -0.573. The van der Waals surface area contributed by atoms with E-state index in [0.29, 0.717) is 16.5 Å². The first-order valence-corrected chi connectivity index (χ1v) is 6.41. The van der Waals surface area contributed by atoms with E-state index in [4.69, 9.17) is 0 Å². The highest BCUT2D eigenvalue weighted by Gasteiger charge is 2.27. The molecule has 2 aromatic rings. The third kappa shape index (κ3) is 2.21. The van der Waals surface area contributed by atoms with Crippen LogP contribution in [0.4, 0.5) is 4.39 Å². The Balaban J connectivity index is 1.85. The molecule has 1 fully saturated rings. The summed E-state index contributed by atoms with van der Waals surface area (Å²) in [6.45, 7) is 0. The number of fused-ring (bicyclic) bond motifs is 1. The zero-order valence-electron chi connectivity index (χ0n) is 10.3. The first-order chi connectivity index (χ1) is 9.15. The van der Waals surface area contributed by atoms with Gasteiger partial charge in [-0.15, -0.1) is 0 Å². The van der Waals surface area contributed by atoms with Gasteiger partial charge in [-0.3, -0.25) is 4.79 Å². The van der Waals surface area contributed by atoms with Crippen molar-refractivity contribution in [1.29, 1.82) is 0 Å². The molecular weight excluding hydrogens is 247 g/mol. The van der Waals surface area contributed by atoms with Crippen LogP contribution in [0.15, 0.2) is 24.4 Å². The fourth-order valence-corrected chi connectivity index (χ4v) is 2.64. The first-order valence-electron chi connectivity index (χ1n) is 6.41. The predicted molar refractivity (Wildman–Crippen MR) is 69.4 cm³/mol. The molecule has 2 atom stereocenters. The summed E-state index contributed by atoms with van der Waals surface area (Å²) in [5, 5.41) is 13.2. The van der Waals surface area contributed by atoms with E-state index in [1.807, 2.05) is 0 Å². The van der Waals surface area contributed by atoms with Gasteiger partial charge >= 0.3 is 0 Å². The van der Waals surface area contributed by atoms with Crippen LogP contribution in [0.3, 0.4) is 0 Å². The van der Waals surface area contributed by atoms with Crippen LogP contribution >= 0.6 is 0 Å². The number of amides is 1. The van der Waals surface area contributed by atoms with Crippen LogP contribution < -0.4 is 5.32 Å². The Morgan fingerprint density at radius 1 is 1.42 bits per heavy atom. The van der Waals surface area contributed by atoms with Crippen molar-refractivity contribution in [3.05, 3.63) is 35.8 Å². The van der Waals surface area contributed by atoms with Gasteiger partial charge in [0.25, 0.3) is 5.91 Å². The van der Waals surface area contributed by atoms with Crippen LogP contribution in [0.25, 0.3) is 10.9 Å². The van der Waals surface area contributed by atoms with Crippen molar-refractivity contribution in [2.75, 3.05) is 0 Å². The number of hydrogen-bond acceptors (Lipinski definition) is 2. The van der Waals surface area contributed by atoms with Crippen LogP contribution in [0.1, 0.15) is 29.6 Å². The quantitative estimate of drug-likeness (QED) is 0.774. The number of nitrogens with one attached hydrogen (secondary N) is 2. The molecule has 1 amide bonds.